The SMILES string of the molecule is Cn1cnc2c(c(-c3ccc(O)c(C(N)=O)c3)cn2CC(=O)Nc2cc(N3CCOCC3)ncc2Cl)c1=O. The Morgan fingerprint density at radius 1 is 1.21 bits per heavy atom. The molecule has 196 valence electrons. The van der Waals surface area contributed by atoms with E-state index in [0.29, 0.717) is 48.9 Å². The minimum atomic E-state index is -0.816. The Balaban J connectivity index is 1.49. The highest BCUT2D eigenvalue weighted by molar-refractivity contribution is 6.33. The molecule has 4 N–H and O–H groups in total. The van der Waals surface area contributed by atoms with E-state index in [1.165, 1.54) is 33.8 Å². The van der Waals surface area contributed by atoms with Crippen molar-refractivity contribution in [1.29, 1.82) is 0 Å². The largest absolute Gasteiger partial charge is 0.507 e. The van der Waals surface area contributed by atoms with Crippen LogP contribution in [0.3, 0.4) is 0 Å². The lowest BCUT2D eigenvalue weighted by molar-refractivity contribution is -0.116. The molecule has 13 heteroatoms. The number of fused-ring (bicyclic) bond motifs is 1. The van der Waals surface area contributed by atoms with E-state index >= 15 is 0 Å². The van der Waals surface area contributed by atoms with Gasteiger partial charge in [0.15, 0.2) is 0 Å². The molecule has 1 aliphatic rings. The molecule has 1 saturated heterocycles. The molecule has 4 heterocycles. The molecule has 1 fully saturated rings. The maximum absolute atomic E-state index is 13.1. The summed E-state index contributed by atoms with van der Waals surface area (Å²) in [5.41, 5.74) is 6.52. The average Bonchev–Trinajstić information content (AvgIpc) is 3.26. The van der Waals surface area contributed by atoms with Gasteiger partial charge in [0, 0.05) is 38.0 Å². The lowest BCUT2D eigenvalue weighted by Crippen LogP contribution is -2.36. The zero-order valence-corrected chi connectivity index (χ0v) is 21.1. The van der Waals surface area contributed by atoms with Crippen LogP contribution in [0.2, 0.25) is 5.02 Å². The highest BCUT2D eigenvalue weighted by Gasteiger charge is 2.20. The molecule has 4 aromatic rings. The van der Waals surface area contributed by atoms with Gasteiger partial charge in [0.2, 0.25) is 5.91 Å². The van der Waals surface area contributed by atoms with Crippen LogP contribution in [0.25, 0.3) is 22.2 Å². The topological polar surface area (TPSA) is 158 Å². The molecule has 12 nitrogen and oxygen atoms in total. The third-order valence-electron chi connectivity index (χ3n) is 6.27. The number of carbonyl (C=O) groups is 2. The van der Waals surface area contributed by atoms with E-state index in [1.807, 2.05) is 4.90 Å². The first-order chi connectivity index (χ1) is 18.2. The van der Waals surface area contributed by atoms with Gasteiger partial charge in [-0.05, 0) is 17.7 Å². The van der Waals surface area contributed by atoms with Crippen molar-refractivity contribution in [3.05, 3.63) is 63.9 Å². The molecule has 0 aliphatic carbocycles. The van der Waals surface area contributed by atoms with E-state index in [9.17, 15) is 19.5 Å². The molecule has 5 rings (SSSR count). The van der Waals surface area contributed by atoms with E-state index in [-0.39, 0.29) is 39.5 Å². The predicted molar refractivity (Wildman–Crippen MR) is 142 cm³/mol. The number of pyridine rings is 1. The van der Waals surface area contributed by atoms with Gasteiger partial charge < -0.3 is 34.9 Å². The number of aromatic nitrogens is 4. The molecule has 0 unspecified atom stereocenters. The fourth-order valence-corrected chi connectivity index (χ4v) is 4.49. The van der Waals surface area contributed by atoms with Gasteiger partial charge in [-0.15, -0.1) is 0 Å². The van der Waals surface area contributed by atoms with Crippen molar-refractivity contribution in [2.24, 2.45) is 12.8 Å². The van der Waals surface area contributed by atoms with Gasteiger partial charge in [-0.3, -0.25) is 14.4 Å². The van der Waals surface area contributed by atoms with Gasteiger partial charge in [0.25, 0.3) is 11.5 Å². The van der Waals surface area contributed by atoms with Crippen molar-refractivity contribution in [3.8, 4) is 16.9 Å². The second-order valence-corrected chi connectivity index (χ2v) is 9.20. The number of phenols is 1. The molecule has 0 saturated carbocycles. The molecule has 38 heavy (non-hydrogen) atoms. The van der Waals surface area contributed by atoms with E-state index < -0.39 is 11.8 Å². The number of carbonyl (C=O) groups excluding carboxylic acids is 2. The number of morpholine rings is 1. The Hall–Kier alpha value is -4.42. The highest BCUT2D eigenvalue weighted by atomic mass is 35.5. The van der Waals surface area contributed by atoms with Crippen LogP contribution in [0.1, 0.15) is 10.4 Å². The number of hydrogen-bond acceptors (Lipinski definition) is 8. The fraction of sp³-hybridized carbons (Fsp3) is 0.240. The summed E-state index contributed by atoms with van der Waals surface area (Å²) >= 11 is 6.31. The third-order valence-corrected chi connectivity index (χ3v) is 6.58. The van der Waals surface area contributed by atoms with Crippen LogP contribution >= 0.6 is 11.6 Å². The average molecular weight is 538 g/mol. The second kappa shape index (κ2) is 10.1. The Morgan fingerprint density at radius 2 is 1.97 bits per heavy atom. The molecule has 2 amide bonds. The molecule has 1 aliphatic heterocycles. The number of halogens is 1. The smallest absolute Gasteiger partial charge is 0.263 e. The Morgan fingerprint density at radius 3 is 2.71 bits per heavy atom. The van der Waals surface area contributed by atoms with Gasteiger partial charge >= 0.3 is 0 Å². The first kappa shape index (κ1) is 25.2. The summed E-state index contributed by atoms with van der Waals surface area (Å²) in [6.45, 7) is 2.35. The number of primary amides is 1. The Labute approximate surface area is 221 Å². The molecule has 0 spiro atoms. The van der Waals surface area contributed by atoms with Crippen LogP contribution in [0, 0.1) is 0 Å². The second-order valence-electron chi connectivity index (χ2n) is 8.80. The number of hydrogen-bond donors (Lipinski definition) is 3. The molecule has 3 aromatic heterocycles. The van der Waals surface area contributed by atoms with Crippen molar-refractivity contribution < 1.29 is 19.4 Å². The van der Waals surface area contributed by atoms with Crippen molar-refractivity contribution in [2.45, 2.75) is 6.54 Å². The quantitative estimate of drug-likeness (QED) is 0.335. The summed E-state index contributed by atoms with van der Waals surface area (Å²) in [4.78, 5) is 48.7. The number of rotatable bonds is 6. The van der Waals surface area contributed by atoms with Crippen LogP contribution in [0.15, 0.2) is 47.8 Å². The molecule has 1 aromatic carbocycles. The van der Waals surface area contributed by atoms with Crippen LogP contribution in [0.5, 0.6) is 5.75 Å². The predicted octanol–water partition coefficient (Wildman–Crippen LogP) is 1.73. The minimum Gasteiger partial charge on any atom is -0.507 e. The first-order valence-electron chi connectivity index (χ1n) is 11.7. The zero-order chi connectivity index (χ0) is 27.0. The maximum Gasteiger partial charge on any atom is 0.263 e. The van der Waals surface area contributed by atoms with E-state index in [2.05, 4.69) is 15.3 Å². The molecule has 0 radical (unpaired) electrons. The monoisotopic (exact) mass is 537 g/mol. The van der Waals surface area contributed by atoms with Gasteiger partial charge in [-0.25, -0.2) is 9.97 Å². The summed E-state index contributed by atoms with van der Waals surface area (Å²) in [5, 5.41) is 13.3. The van der Waals surface area contributed by atoms with Crippen LogP contribution in [-0.2, 0) is 23.1 Å². The number of nitrogens with zero attached hydrogens (tertiary/aromatic N) is 5. The first-order valence-corrected chi connectivity index (χ1v) is 12.1. The summed E-state index contributed by atoms with van der Waals surface area (Å²) in [6, 6.07) is 5.98. The number of aromatic hydroxyl groups is 1. The fourth-order valence-electron chi connectivity index (χ4n) is 4.34. The summed E-state index contributed by atoms with van der Waals surface area (Å²) in [6.07, 6.45) is 4.45. The number of nitrogens with one attached hydrogen (secondary N) is 1. The number of anilines is 2. The van der Waals surface area contributed by atoms with E-state index in [1.54, 1.807) is 25.4 Å². The van der Waals surface area contributed by atoms with Crippen LogP contribution in [0.4, 0.5) is 11.5 Å². The van der Waals surface area contributed by atoms with Crippen molar-refractivity contribution in [1.82, 2.24) is 19.1 Å². The summed E-state index contributed by atoms with van der Waals surface area (Å²) < 4.78 is 8.23. The number of nitrogens with two attached hydrogens (primary N) is 1. The van der Waals surface area contributed by atoms with Gasteiger partial charge in [0.05, 0.1) is 47.4 Å². The molecule has 0 atom stereocenters. The van der Waals surface area contributed by atoms with E-state index in [4.69, 9.17) is 22.1 Å². The maximum atomic E-state index is 13.1. The van der Waals surface area contributed by atoms with Crippen molar-refractivity contribution in [2.75, 3.05) is 36.5 Å². The standard InChI is InChI=1S/C25H24ClN7O5/c1-31-13-29-24-22(25(31)37)16(14-2-3-19(34)15(8-14)23(27)36)11-33(24)12-21(35)30-18-9-20(28-10-17(18)26)32-4-6-38-7-5-32/h2-3,8-11,13,34H,4-7,12H2,1H3,(H2,27,36)(H,28,30,35). The number of ether oxygens (including phenoxy) is 1. The Kier molecular flexibility index (Phi) is 6.74. The highest BCUT2D eigenvalue weighted by Crippen LogP contribution is 2.31. The molecule has 0 bridgehead atoms. The van der Waals surface area contributed by atoms with Crippen molar-refractivity contribution >= 4 is 46.0 Å². The number of benzene rings is 1. The molecular formula is C25H24ClN7O5. The summed E-state index contributed by atoms with van der Waals surface area (Å²) in [5.74, 6) is -0.824. The third kappa shape index (κ3) is 4.78. The van der Waals surface area contributed by atoms with Crippen LogP contribution < -0.4 is 21.5 Å². The number of aryl methyl sites for hydroxylation is 1. The lowest BCUT2D eigenvalue weighted by Gasteiger charge is -2.28. The van der Waals surface area contributed by atoms with E-state index in [0.717, 1.165) is 0 Å². The zero-order valence-electron chi connectivity index (χ0n) is 20.3. The number of amides is 2. The minimum absolute atomic E-state index is 0.0924. The lowest BCUT2D eigenvalue weighted by atomic mass is 10.0. The van der Waals surface area contributed by atoms with Crippen LogP contribution in [-0.4, -0.2) is 62.3 Å². The summed E-state index contributed by atoms with van der Waals surface area (Å²) in [7, 11) is 1.56. The van der Waals surface area contributed by atoms with Crippen molar-refractivity contribution in [3.63, 3.8) is 0 Å². The van der Waals surface area contributed by atoms with Gasteiger partial charge in [-0.2, -0.15) is 0 Å². The Bertz CT molecular complexity index is 1620. The normalized spacial score (nSPS) is 13.6. The van der Waals surface area contributed by atoms with Gasteiger partial charge in [-0.1, -0.05) is 17.7 Å². The van der Waals surface area contributed by atoms with Gasteiger partial charge in [0.1, 0.15) is 23.8 Å². The molecular weight excluding hydrogens is 514 g/mol.